The normalized spacial score (nSPS) is 15.0. The standard InChI is InChI=1S/C10H18N2O3/c1-11-5-4-9(13)12(7-10(14)15)6-8-2-3-8/h8,11H,2-7H2,1H3,(H,14,15). The van der Waals surface area contributed by atoms with Crippen LogP contribution in [0.15, 0.2) is 0 Å². The first-order chi connectivity index (χ1) is 7.13. The molecule has 0 saturated heterocycles. The van der Waals surface area contributed by atoms with Gasteiger partial charge < -0.3 is 15.3 Å². The summed E-state index contributed by atoms with van der Waals surface area (Å²) in [6.45, 7) is 1.04. The molecule has 5 heteroatoms. The van der Waals surface area contributed by atoms with Crippen molar-refractivity contribution in [2.75, 3.05) is 26.7 Å². The first-order valence-electron chi connectivity index (χ1n) is 5.27. The smallest absolute Gasteiger partial charge is 0.323 e. The highest BCUT2D eigenvalue weighted by atomic mass is 16.4. The fraction of sp³-hybridized carbons (Fsp3) is 0.800. The van der Waals surface area contributed by atoms with E-state index in [1.807, 2.05) is 0 Å². The molecule has 86 valence electrons. The van der Waals surface area contributed by atoms with E-state index in [2.05, 4.69) is 5.32 Å². The number of carbonyl (C=O) groups excluding carboxylic acids is 1. The second kappa shape index (κ2) is 5.70. The van der Waals surface area contributed by atoms with Gasteiger partial charge in [0.15, 0.2) is 0 Å². The molecule has 0 aliphatic heterocycles. The lowest BCUT2D eigenvalue weighted by atomic mass is 10.3. The van der Waals surface area contributed by atoms with E-state index in [1.165, 1.54) is 4.90 Å². The fourth-order valence-corrected chi connectivity index (χ4v) is 1.42. The Labute approximate surface area is 89.4 Å². The minimum Gasteiger partial charge on any atom is -0.480 e. The monoisotopic (exact) mass is 214 g/mol. The summed E-state index contributed by atoms with van der Waals surface area (Å²) < 4.78 is 0. The van der Waals surface area contributed by atoms with Crippen LogP contribution in [-0.2, 0) is 9.59 Å². The predicted octanol–water partition coefficient (Wildman–Crippen LogP) is -0.0809. The number of hydrogen-bond acceptors (Lipinski definition) is 3. The largest absolute Gasteiger partial charge is 0.480 e. The van der Waals surface area contributed by atoms with Crippen molar-refractivity contribution in [2.24, 2.45) is 5.92 Å². The fourth-order valence-electron chi connectivity index (χ4n) is 1.42. The summed E-state index contributed by atoms with van der Waals surface area (Å²) in [7, 11) is 1.77. The van der Waals surface area contributed by atoms with Gasteiger partial charge in [0.1, 0.15) is 6.54 Å². The topological polar surface area (TPSA) is 69.6 Å². The van der Waals surface area contributed by atoms with Gasteiger partial charge in [-0.1, -0.05) is 0 Å². The average Bonchev–Trinajstić information content (AvgIpc) is 2.96. The molecular weight excluding hydrogens is 196 g/mol. The number of nitrogens with zero attached hydrogens (tertiary/aromatic N) is 1. The molecule has 0 bridgehead atoms. The van der Waals surface area contributed by atoms with Crippen LogP contribution in [0.2, 0.25) is 0 Å². The molecule has 0 atom stereocenters. The van der Waals surface area contributed by atoms with Gasteiger partial charge in [-0.3, -0.25) is 9.59 Å². The van der Waals surface area contributed by atoms with Gasteiger partial charge in [0.25, 0.3) is 0 Å². The van der Waals surface area contributed by atoms with E-state index < -0.39 is 5.97 Å². The zero-order chi connectivity index (χ0) is 11.3. The minimum absolute atomic E-state index is 0.0707. The summed E-state index contributed by atoms with van der Waals surface area (Å²) in [4.78, 5) is 23.7. The molecule has 0 heterocycles. The van der Waals surface area contributed by atoms with Gasteiger partial charge in [-0.15, -0.1) is 0 Å². The van der Waals surface area contributed by atoms with Crippen LogP contribution in [0.3, 0.4) is 0 Å². The Hall–Kier alpha value is -1.10. The number of carboxylic acids is 1. The third-order valence-corrected chi connectivity index (χ3v) is 2.44. The maximum Gasteiger partial charge on any atom is 0.323 e. The van der Waals surface area contributed by atoms with Crippen LogP contribution in [0.25, 0.3) is 0 Å². The first-order valence-corrected chi connectivity index (χ1v) is 5.27. The van der Waals surface area contributed by atoms with Crippen LogP contribution in [0.1, 0.15) is 19.3 Å². The van der Waals surface area contributed by atoms with Crippen molar-refractivity contribution in [1.82, 2.24) is 10.2 Å². The molecule has 1 amide bonds. The summed E-state index contributed by atoms with van der Waals surface area (Å²) in [6.07, 6.45) is 2.61. The van der Waals surface area contributed by atoms with Crippen LogP contribution in [0.5, 0.6) is 0 Å². The Morgan fingerprint density at radius 3 is 2.60 bits per heavy atom. The van der Waals surface area contributed by atoms with E-state index in [1.54, 1.807) is 7.05 Å². The van der Waals surface area contributed by atoms with E-state index >= 15 is 0 Å². The molecule has 0 radical (unpaired) electrons. The van der Waals surface area contributed by atoms with Gasteiger partial charge in [-0.25, -0.2) is 0 Å². The van der Waals surface area contributed by atoms with Crippen LogP contribution in [0.4, 0.5) is 0 Å². The molecular formula is C10H18N2O3. The van der Waals surface area contributed by atoms with Crippen molar-refractivity contribution in [3.05, 3.63) is 0 Å². The number of rotatable bonds is 7. The number of hydrogen-bond donors (Lipinski definition) is 2. The van der Waals surface area contributed by atoms with Gasteiger partial charge in [0.2, 0.25) is 5.91 Å². The number of aliphatic carboxylic acids is 1. The van der Waals surface area contributed by atoms with Crippen LogP contribution in [-0.4, -0.2) is 48.6 Å². The van der Waals surface area contributed by atoms with Gasteiger partial charge >= 0.3 is 5.97 Å². The summed E-state index contributed by atoms with van der Waals surface area (Å²) >= 11 is 0. The summed E-state index contributed by atoms with van der Waals surface area (Å²) in [5.74, 6) is -0.477. The Bertz CT molecular complexity index is 239. The molecule has 0 aromatic carbocycles. The van der Waals surface area contributed by atoms with Crippen LogP contribution >= 0.6 is 0 Å². The second-order valence-corrected chi connectivity index (χ2v) is 3.96. The number of carbonyl (C=O) groups is 2. The van der Waals surface area contributed by atoms with Gasteiger partial charge in [-0.2, -0.15) is 0 Å². The van der Waals surface area contributed by atoms with Crippen molar-refractivity contribution < 1.29 is 14.7 Å². The number of carboxylic acid groups (broad SMARTS) is 1. The van der Waals surface area contributed by atoms with E-state index in [-0.39, 0.29) is 12.5 Å². The Kier molecular flexibility index (Phi) is 4.55. The summed E-state index contributed by atoms with van der Waals surface area (Å²) in [5, 5.41) is 11.6. The van der Waals surface area contributed by atoms with E-state index in [4.69, 9.17) is 5.11 Å². The molecule has 1 aliphatic carbocycles. The molecule has 0 unspecified atom stereocenters. The lowest BCUT2D eigenvalue weighted by Crippen LogP contribution is -2.38. The summed E-state index contributed by atoms with van der Waals surface area (Å²) in [5.41, 5.74) is 0. The van der Waals surface area contributed by atoms with E-state index in [0.717, 1.165) is 12.8 Å². The van der Waals surface area contributed by atoms with Crippen molar-refractivity contribution in [1.29, 1.82) is 0 Å². The molecule has 0 aromatic heterocycles. The molecule has 15 heavy (non-hydrogen) atoms. The summed E-state index contributed by atoms with van der Waals surface area (Å²) in [6, 6.07) is 0. The molecule has 1 rings (SSSR count). The van der Waals surface area contributed by atoms with Crippen LogP contribution < -0.4 is 5.32 Å². The van der Waals surface area contributed by atoms with Gasteiger partial charge in [-0.05, 0) is 25.8 Å². The van der Waals surface area contributed by atoms with Crippen molar-refractivity contribution in [3.8, 4) is 0 Å². The molecule has 0 aromatic rings. The highest BCUT2D eigenvalue weighted by molar-refractivity contribution is 5.81. The quantitative estimate of drug-likeness (QED) is 0.622. The molecule has 5 nitrogen and oxygen atoms in total. The molecule has 2 N–H and O–H groups in total. The first kappa shape index (κ1) is 12.0. The molecule has 1 fully saturated rings. The highest BCUT2D eigenvalue weighted by Crippen LogP contribution is 2.29. The van der Waals surface area contributed by atoms with Crippen LogP contribution in [0, 0.1) is 5.92 Å². The SMILES string of the molecule is CNCCC(=O)N(CC(=O)O)CC1CC1. The number of amides is 1. The van der Waals surface area contributed by atoms with E-state index in [0.29, 0.717) is 25.4 Å². The minimum atomic E-state index is -0.937. The zero-order valence-electron chi connectivity index (χ0n) is 9.03. The lowest BCUT2D eigenvalue weighted by Gasteiger charge is -2.20. The lowest BCUT2D eigenvalue weighted by molar-refractivity contribution is -0.144. The Morgan fingerprint density at radius 2 is 2.13 bits per heavy atom. The zero-order valence-corrected chi connectivity index (χ0v) is 9.03. The second-order valence-electron chi connectivity index (χ2n) is 3.96. The van der Waals surface area contributed by atoms with Gasteiger partial charge in [0.05, 0.1) is 0 Å². The molecule has 1 saturated carbocycles. The van der Waals surface area contributed by atoms with E-state index in [9.17, 15) is 9.59 Å². The highest BCUT2D eigenvalue weighted by Gasteiger charge is 2.27. The molecule has 0 spiro atoms. The third kappa shape index (κ3) is 4.78. The van der Waals surface area contributed by atoms with Gasteiger partial charge in [0, 0.05) is 19.5 Å². The number of nitrogens with one attached hydrogen (secondary N) is 1. The predicted molar refractivity (Wildman–Crippen MR) is 55.5 cm³/mol. The third-order valence-electron chi connectivity index (χ3n) is 2.44. The maximum absolute atomic E-state index is 11.6. The van der Waals surface area contributed by atoms with Crippen molar-refractivity contribution in [2.45, 2.75) is 19.3 Å². The average molecular weight is 214 g/mol. The van der Waals surface area contributed by atoms with Crippen molar-refractivity contribution in [3.63, 3.8) is 0 Å². The Morgan fingerprint density at radius 1 is 1.47 bits per heavy atom. The Balaban J connectivity index is 2.37. The molecule has 1 aliphatic rings. The maximum atomic E-state index is 11.6. The van der Waals surface area contributed by atoms with Crippen molar-refractivity contribution >= 4 is 11.9 Å².